The highest BCUT2D eigenvalue weighted by molar-refractivity contribution is 5.94. The van der Waals surface area contributed by atoms with Crippen molar-refractivity contribution in [1.29, 1.82) is 0 Å². The van der Waals surface area contributed by atoms with Gasteiger partial charge in [0.1, 0.15) is 0 Å². The molecule has 0 bridgehead atoms. The number of rotatable bonds is 6. The zero-order valence-corrected chi connectivity index (χ0v) is 11.2. The molecule has 100 valence electrons. The number of aryl methyl sites for hydroxylation is 1. The number of nitrogens with one attached hydrogen (secondary N) is 2. The molecule has 0 fully saturated rings. The van der Waals surface area contributed by atoms with Gasteiger partial charge >= 0.3 is 0 Å². The van der Waals surface area contributed by atoms with E-state index in [0.29, 0.717) is 13.0 Å². The average Bonchev–Trinajstić information content (AvgIpc) is 2.38. The van der Waals surface area contributed by atoms with Crippen LogP contribution in [0.5, 0.6) is 0 Å². The van der Waals surface area contributed by atoms with Crippen molar-refractivity contribution in [3.05, 3.63) is 29.8 Å². The van der Waals surface area contributed by atoms with Crippen LogP contribution in [0, 0.1) is 6.92 Å². The molecule has 2 unspecified atom stereocenters. The van der Waals surface area contributed by atoms with E-state index in [9.17, 15) is 9.90 Å². The molecule has 0 heterocycles. The number of carbonyl (C=O) groups excluding carboxylic acids is 1. The van der Waals surface area contributed by atoms with Crippen LogP contribution in [0.3, 0.4) is 0 Å². The smallest absolute Gasteiger partial charge is 0.241 e. The first-order valence-electron chi connectivity index (χ1n) is 6.32. The van der Waals surface area contributed by atoms with E-state index in [1.807, 2.05) is 38.1 Å². The largest absolute Gasteiger partial charge is 0.392 e. The molecule has 0 saturated carbocycles. The van der Waals surface area contributed by atoms with E-state index >= 15 is 0 Å². The Hall–Kier alpha value is -1.39. The van der Waals surface area contributed by atoms with Crippen molar-refractivity contribution < 1.29 is 9.90 Å². The van der Waals surface area contributed by atoms with E-state index in [4.69, 9.17) is 0 Å². The monoisotopic (exact) mass is 250 g/mol. The molecule has 0 saturated heterocycles. The topological polar surface area (TPSA) is 61.4 Å². The number of carbonyl (C=O) groups is 1. The Morgan fingerprint density at radius 2 is 1.94 bits per heavy atom. The summed E-state index contributed by atoms with van der Waals surface area (Å²) in [6, 6.07) is 7.33. The van der Waals surface area contributed by atoms with Crippen molar-refractivity contribution >= 4 is 11.6 Å². The standard InChI is InChI=1S/C14H22N2O2/c1-4-13(17)9-15-11(3)14(18)16-12-7-5-10(2)6-8-12/h5-8,11,13,15,17H,4,9H2,1-3H3,(H,16,18). The molecule has 0 spiro atoms. The van der Waals surface area contributed by atoms with Gasteiger partial charge in [-0.25, -0.2) is 0 Å². The number of benzene rings is 1. The van der Waals surface area contributed by atoms with Gasteiger partial charge in [0.15, 0.2) is 0 Å². The minimum atomic E-state index is -0.403. The number of anilines is 1. The molecule has 1 aromatic carbocycles. The summed E-state index contributed by atoms with van der Waals surface area (Å²) in [4.78, 5) is 11.8. The van der Waals surface area contributed by atoms with Crippen molar-refractivity contribution in [2.45, 2.75) is 39.3 Å². The van der Waals surface area contributed by atoms with Gasteiger partial charge < -0.3 is 15.7 Å². The second kappa shape index (κ2) is 7.13. The Balaban J connectivity index is 2.42. The second-order valence-electron chi connectivity index (χ2n) is 4.55. The Kier molecular flexibility index (Phi) is 5.82. The average molecular weight is 250 g/mol. The lowest BCUT2D eigenvalue weighted by molar-refractivity contribution is -0.117. The minimum Gasteiger partial charge on any atom is -0.392 e. The number of aliphatic hydroxyl groups excluding tert-OH is 1. The van der Waals surface area contributed by atoms with Gasteiger partial charge in [0, 0.05) is 12.2 Å². The normalized spacial score (nSPS) is 14.0. The molecule has 4 heteroatoms. The van der Waals surface area contributed by atoms with Crippen LogP contribution >= 0.6 is 0 Å². The third kappa shape index (κ3) is 4.85. The van der Waals surface area contributed by atoms with Gasteiger partial charge in [0.05, 0.1) is 12.1 Å². The molecule has 4 nitrogen and oxygen atoms in total. The molecule has 3 N–H and O–H groups in total. The van der Waals surface area contributed by atoms with Crippen LogP contribution in [0.1, 0.15) is 25.8 Å². The number of hydrogen-bond donors (Lipinski definition) is 3. The summed E-state index contributed by atoms with van der Waals surface area (Å²) in [6.45, 7) is 6.12. The second-order valence-corrected chi connectivity index (χ2v) is 4.55. The first-order valence-corrected chi connectivity index (χ1v) is 6.32. The Labute approximate surface area is 108 Å². The molecular formula is C14H22N2O2. The summed E-state index contributed by atoms with van der Waals surface area (Å²) in [6.07, 6.45) is 0.277. The van der Waals surface area contributed by atoms with Gasteiger partial charge in [-0.05, 0) is 32.4 Å². The summed E-state index contributed by atoms with van der Waals surface area (Å²) in [5, 5.41) is 15.2. The first kappa shape index (κ1) is 14.7. The first-order chi connectivity index (χ1) is 8.52. The molecule has 2 atom stereocenters. The van der Waals surface area contributed by atoms with Crippen molar-refractivity contribution in [3.63, 3.8) is 0 Å². The predicted molar refractivity (Wildman–Crippen MR) is 73.6 cm³/mol. The van der Waals surface area contributed by atoms with Crippen LogP contribution in [-0.2, 0) is 4.79 Å². The van der Waals surface area contributed by atoms with Crippen molar-refractivity contribution in [2.24, 2.45) is 0 Å². The fourth-order valence-electron chi connectivity index (χ4n) is 1.44. The van der Waals surface area contributed by atoms with Gasteiger partial charge in [-0.1, -0.05) is 24.6 Å². The van der Waals surface area contributed by atoms with Crippen LogP contribution in [0.15, 0.2) is 24.3 Å². The van der Waals surface area contributed by atoms with Crippen LogP contribution in [0.2, 0.25) is 0 Å². The van der Waals surface area contributed by atoms with E-state index in [0.717, 1.165) is 11.3 Å². The highest BCUT2D eigenvalue weighted by Gasteiger charge is 2.13. The summed E-state index contributed by atoms with van der Waals surface area (Å²) in [5.74, 6) is -0.0952. The summed E-state index contributed by atoms with van der Waals surface area (Å²) in [5.41, 5.74) is 1.94. The third-order valence-corrected chi connectivity index (χ3v) is 2.84. The fraction of sp³-hybridized carbons (Fsp3) is 0.500. The summed E-state index contributed by atoms with van der Waals surface area (Å²) < 4.78 is 0. The molecule has 1 aromatic rings. The van der Waals surface area contributed by atoms with Gasteiger partial charge in [-0.3, -0.25) is 4.79 Å². The fourth-order valence-corrected chi connectivity index (χ4v) is 1.44. The molecule has 0 aliphatic carbocycles. The molecule has 0 aliphatic rings. The van der Waals surface area contributed by atoms with Gasteiger partial charge in [-0.2, -0.15) is 0 Å². The lowest BCUT2D eigenvalue weighted by Gasteiger charge is -2.16. The molecule has 1 rings (SSSR count). The van der Waals surface area contributed by atoms with Crippen LogP contribution in [0.25, 0.3) is 0 Å². The highest BCUT2D eigenvalue weighted by atomic mass is 16.3. The van der Waals surface area contributed by atoms with E-state index in [-0.39, 0.29) is 11.9 Å². The molecule has 0 radical (unpaired) electrons. The van der Waals surface area contributed by atoms with E-state index in [1.54, 1.807) is 6.92 Å². The highest BCUT2D eigenvalue weighted by Crippen LogP contribution is 2.08. The van der Waals surface area contributed by atoms with Gasteiger partial charge in [0.2, 0.25) is 5.91 Å². The van der Waals surface area contributed by atoms with Gasteiger partial charge in [-0.15, -0.1) is 0 Å². The summed E-state index contributed by atoms with van der Waals surface area (Å²) in [7, 11) is 0. The number of aliphatic hydroxyl groups is 1. The van der Waals surface area contributed by atoms with Gasteiger partial charge in [0.25, 0.3) is 0 Å². The van der Waals surface area contributed by atoms with E-state index in [1.165, 1.54) is 0 Å². The van der Waals surface area contributed by atoms with E-state index < -0.39 is 6.10 Å². The summed E-state index contributed by atoms with van der Waals surface area (Å²) >= 11 is 0. The number of amides is 1. The Morgan fingerprint density at radius 1 is 1.33 bits per heavy atom. The zero-order chi connectivity index (χ0) is 13.5. The predicted octanol–water partition coefficient (Wildman–Crippen LogP) is 1.68. The van der Waals surface area contributed by atoms with Crippen molar-refractivity contribution in [2.75, 3.05) is 11.9 Å². The van der Waals surface area contributed by atoms with E-state index in [2.05, 4.69) is 10.6 Å². The Bertz CT molecular complexity index is 376. The maximum atomic E-state index is 11.8. The Morgan fingerprint density at radius 3 is 2.50 bits per heavy atom. The number of hydrogen-bond acceptors (Lipinski definition) is 3. The lowest BCUT2D eigenvalue weighted by atomic mass is 10.2. The van der Waals surface area contributed by atoms with Crippen LogP contribution in [0.4, 0.5) is 5.69 Å². The van der Waals surface area contributed by atoms with Crippen molar-refractivity contribution in [3.8, 4) is 0 Å². The maximum Gasteiger partial charge on any atom is 0.241 e. The molecule has 18 heavy (non-hydrogen) atoms. The molecule has 0 aromatic heterocycles. The SMILES string of the molecule is CCC(O)CNC(C)C(=O)Nc1ccc(C)cc1. The third-order valence-electron chi connectivity index (χ3n) is 2.84. The quantitative estimate of drug-likeness (QED) is 0.720. The molecule has 1 amide bonds. The molecule has 0 aliphatic heterocycles. The van der Waals surface area contributed by atoms with Crippen LogP contribution in [-0.4, -0.2) is 29.7 Å². The maximum absolute atomic E-state index is 11.8. The van der Waals surface area contributed by atoms with Crippen LogP contribution < -0.4 is 10.6 Å². The lowest BCUT2D eigenvalue weighted by Crippen LogP contribution is -2.41. The van der Waals surface area contributed by atoms with Crippen molar-refractivity contribution in [1.82, 2.24) is 5.32 Å². The zero-order valence-electron chi connectivity index (χ0n) is 11.2. The molecular weight excluding hydrogens is 228 g/mol. The minimum absolute atomic E-state index is 0.0952.